The topological polar surface area (TPSA) is 116 Å². The zero-order chi connectivity index (χ0) is 32.1. The van der Waals surface area contributed by atoms with Gasteiger partial charge in [0.2, 0.25) is 20.0 Å². The summed E-state index contributed by atoms with van der Waals surface area (Å²) in [6, 6.07) is 17.1. The van der Waals surface area contributed by atoms with Crippen LogP contribution >= 0.6 is 12.4 Å². The summed E-state index contributed by atoms with van der Waals surface area (Å²) in [5.41, 5.74) is -1.36. The van der Waals surface area contributed by atoms with Gasteiger partial charge in [-0.25, -0.2) is 21.6 Å². The van der Waals surface area contributed by atoms with Crippen molar-refractivity contribution < 1.29 is 26.4 Å². The largest absolute Gasteiger partial charge is 0.444 e. The monoisotopic (exact) mass is 672 g/mol. The minimum Gasteiger partial charge on any atom is -0.444 e. The van der Waals surface area contributed by atoms with Gasteiger partial charge in [-0.1, -0.05) is 36.4 Å². The van der Waals surface area contributed by atoms with Crippen LogP contribution in [0.15, 0.2) is 70.5 Å². The molecule has 0 atom stereocenters. The smallest absolute Gasteiger partial charge is 0.410 e. The van der Waals surface area contributed by atoms with E-state index >= 15 is 0 Å². The second kappa shape index (κ2) is 14.9. The minimum atomic E-state index is -3.56. The maximum absolute atomic E-state index is 12.9. The Morgan fingerprint density at radius 2 is 1.11 bits per heavy atom. The molecule has 0 spiro atoms. The summed E-state index contributed by atoms with van der Waals surface area (Å²) in [5, 5.41) is 3.26. The van der Waals surface area contributed by atoms with Crippen LogP contribution in [0, 0.1) is 0 Å². The Labute approximate surface area is 270 Å². The predicted molar refractivity (Wildman–Crippen MR) is 176 cm³/mol. The molecule has 2 saturated heterocycles. The Bertz CT molecular complexity index is 1420. The van der Waals surface area contributed by atoms with E-state index in [-0.39, 0.29) is 28.9 Å². The van der Waals surface area contributed by atoms with Gasteiger partial charge in [0.05, 0.1) is 9.79 Å². The maximum atomic E-state index is 12.9. The van der Waals surface area contributed by atoms with E-state index < -0.39 is 31.2 Å². The first-order valence-electron chi connectivity index (χ1n) is 14.7. The number of rotatable bonds is 6. The molecule has 44 heavy (non-hydrogen) atoms. The van der Waals surface area contributed by atoms with E-state index in [1.54, 1.807) is 73.6 Å². The highest BCUT2D eigenvalue weighted by Gasteiger charge is 2.42. The normalized spacial score (nSPS) is 18.5. The second-order valence-electron chi connectivity index (χ2n) is 12.8. The minimum absolute atomic E-state index is 0. The van der Waals surface area contributed by atoms with Crippen LogP contribution in [-0.2, 0) is 24.8 Å². The Morgan fingerprint density at radius 1 is 0.750 bits per heavy atom. The molecule has 248 valence electrons. The Hall–Kier alpha value is -2.22. The van der Waals surface area contributed by atoms with Crippen LogP contribution < -0.4 is 5.32 Å². The van der Waals surface area contributed by atoms with E-state index in [1.807, 2.05) is 40.7 Å². The van der Waals surface area contributed by atoms with E-state index in [0.717, 1.165) is 25.9 Å². The number of ether oxygens (including phenoxy) is 1. The van der Waals surface area contributed by atoms with Crippen molar-refractivity contribution in [3.05, 3.63) is 60.7 Å². The zero-order valence-electron chi connectivity index (χ0n) is 26.9. The van der Waals surface area contributed by atoms with Crippen molar-refractivity contribution in [1.82, 2.24) is 18.8 Å². The molecule has 2 aromatic rings. The fourth-order valence-electron chi connectivity index (χ4n) is 5.17. The molecule has 2 aliphatic rings. The van der Waals surface area contributed by atoms with Crippen molar-refractivity contribution >= 4 is 38.5 Å². The molecule has 0 aliphatic carbocycles. The van der Waals surface area contributed by atoms with Crippen molar-refractivity contribution in [3.63, 3.8) is 0 Å². The van der Waals surface area contributed by atoms with E-state index in [4.69, 9.17) is 4.74 Å². The van der Waals surface area contributed by atoms with Crippen LogP contribution in [0.1, 0.15) is 60.3 Å². The third-order valence-electron chi connectivity index (χ3n) is 8.50. The van der Waals surface area contributed by atoms with E-state index in [0.29, 0.717) is 30.8 Å². The average molecular weight is 673 g/mol. The molecule has 4 rings (SSSR count). The number of carbonyl (C=O) groups excluding carboxylic acids is 1. The molecule has 10 nitrogen and oxygen atoms in total. The summed E-state index contributed by atoms with van der Waals surface area (Å²) < 4.78 is 59.2. The molecule has 0 radical (unpaired) electrons. The molecule has 13 heteroatoms. The highest BCUT2D eigenvalue weighted by atomic mass is 35.5. The highest BCUT2D eigenvalue weighted by molar-refractivity contribution is 7.89. The van der Waals surface area contributed by atoms with Crippen molar-refractivity contribution in [1.29, 1.82) is 0 Å². The highest BCUT2D eigenvalue weighted by Crippen LogP contribution is 2.33. The summed E-state index contributed by atoms with van der Waals surface area (Å²) in [7, 11) is -3.65. The van der Waals surface area contributed by atoms with Gasteiger partial charge in [0.1, 0.15) is 5.60 Å². The summed E-state index contributed by atoms with van der Waals surface area (Å²) in [5.74, 6) is 0. The van der Waals surface area contributed by atoms with Crippen LogP contribution in [-0.4, -0.2) is 93.4 Å². The first kappa shape index (κ1) is 38.0. The molecule has 2 aromatic carbocycles. The van der Waals surface area contributed by atoms with Gasteiger partial charge in [-0.3, -0.25) is 0 Å². The van der Waals surface area contributed by atoms with Crippen LogP contribution in [0.4, 0.5) is 4.79 Å². The first-order valence-corrected chi connectivity index (χ1v) is 17.6. The fourth-order valence-corrected chi connectivity index (χ4v) is 8.33. The molecule has 0 unspecified atom stereocenters. The third-order valence-corrected chi connectivity index (χ3v) is 12.6. The van der Waals surface area contributed by atoms with Crippen LogP contribution in [0.5, 0.6) is 0 Å². The number of hydrogen-bond acceptors (Lipinski definition) is 7. The van der Waals surface area contributed by atoms with Gasteiger partial charge in [0, 0.05) is 38.3 Å². The SMILES string of the molecule is CN(C1(C)CCN(C(=O)OC(C)(C)C)CC1)S(=O)(=O)c1ccccc1.CN(C1(C)CCNCC1)S(=O)(=O)c1ccccc1.Cl. The summed E-state index contributed by atoms with van der Waals surface area (Å²) in [4.78, 5) is 14.5. The summed E-state index contributed by atoms with van der Waals surface area (Å²) in [6.07, 6.45) is 2.47. The number of nitrogens with zero attached hydrogens (tertiary/aromatic N) is 3. The Morgan fingerprint density at radius 3 is 1.48 bits per heavy atom. The zero-order valence-corrected chi connectivity index (χ0v) is 29.4. The number of likely N-dealkylation sites (tertiary alicyclic amines) is 1. The van der Waals surface area contributed by atoms with Gasteiger partial charge in [-0.2, -0.15) is 8.61 Å². The lowest BCUT2D eigenvalue weighted by molar-refractivity contribution is 0.0116. The van der Waals surface area contributed by atoms with Gasteiger partial charge in [0.15, 0.2) is 0 Å². The Kier molecular flexibility index (Phi) is 12.9. The third kappa shape index (κ3) is 9.17. The quantitative estimate of drug-likeness (QED) is 0.461. The molecular formula is C31H49ClN4O6S2. The second-order valence-corrected chi connectivity index (χ2v) is 16.7. The molecule has 1 N–H and O–H groups in total. The van der Waals surface area contributed by atoms with E-state index in [2.05, 4.69) is 5.32 Å². The Balaban J connectivity index is 0.000000315. The number of hydrogen-bond donors (Lipinski definition) is 1. The van der Waals surface area contributed by atoms with Gasteiger partial charge in [0.25, 0.3) is 0 Å². The molecule has 0 bridgehead atoms. The van der Waals surface area contributed by atoms with Crippen molar-refractivity contribution in [3.8, 4) is 0 Å². The van der Waals surface area contributed by atoms with Crippen LogP contribution in [0.3, 0.4) is 0 Å². The van der Waals surface area contributed by atoms with Gasteiger partial charge < -0.3 is 15.0 Å². The number of nitrogens with one attached hydrogen (secondary N) is 1. The van der Waals surface area contributed by atoms with Crippen molar-refractivity contribution in [2.75, 3.05) is 40.3 Å². The lowest BCUT2D eigenvalue weighted by atomic mass is 9.90. The number of sulfonamides is 2. The molecule has 0 saturated carbocycles. The molecule has 2 fully saturated rings. The van der Waals surface area contributed by atoms with Crippen LogP contribution in [0.25, 0.3) is 0 Å². The molecule has 0 aromatic heterocycles. The van der Waals surface area contributed by atoms with Gasteiger partial charge in [-0.05, 0) is 97.7 Å². The lowest BCUT2D eigenvalue weighted by Crippen LogP contribution is -2.55. The molecule has 2 aliphatic heterocycles. The summed E-state index contributed by atoms with van der Waals surface area (Å²) in [6.45, 7) is 12.1. The lowest BCUT2D eigenvalue weighted by Gasteiger charge is -2.44. The number of benzene rings is 2. The summed E-state index contributed by atoms with van der Waals surface area (Å²) >= 11 is 0. The van der Waals surface area contributed by atoms with Crippen molar-refractivity contribution in [2.45, 2.75) is 86.8 Å². The van der Waals surface area contributed by atoms with Gasteiger partial charge >= 0.3 is 6.09 Å². The standard InChI is InChI=1S/C18H28N2O4S.C13H20N2O2S.ClH/c1-17(2,3)24-16(21)20-13-11-18(4,12-14-20)19(5)25(22,23)15-9-7-6-8-10-15;1-13(8-10-14-11-9-13)15(2)18(16,17)12-6-4-3-5-7-12;/h6-10H,11-14H2,1-5H3;3-7,14H,8-11H2,1-2H3;1H. The maximum Gasteiger partial charge on any atom is 0.410 e. The fraction of sp³-hybridized carbons (Fsp3) is 0.581. The van der Waals surface area contributed by atoms with Gasteiger partial charge in [-0.15, -0.1) is 12.4 Å². The van der Waals surface area contributed by atoms with E-state index in [1.165, 1.54) is 8.61 Å². The molecule has 2 heterocycles. The number of carbonyl (C=O) groups is 1. The van der Waals surface area contributed by atoms with Crippen LogP contribution in [0.2, 0.25) is 0 Å². The van der Waals surface area contributed by atoms with E-state index in [9.17, 15) is 21.6 Å². The number of amides is 1. The van der Waals surface area contributed by atoms with Crippen molar-refractivity contribution in [2.24, 2.45) is 0 Å². The average Bonchev–Trinajstić information content (AvgIpc) is 2.97. The number of piperidine rings is 2. The number of halogens is 1. The predicted octanol–water partition coefficient (Wildman–Crippen LogP) is 4.97. The molecule has 1 amide bonds. The molecular weight excluding hydrogens is 624 g/mol. The first-order chi connectivity index (χ1) is 19.9.